The van der Waals surface area contributed by atoms with Crippen LogP contribution in [0.4, 0.5) is 0 Å². The molecule has 3 N–H and O–H groups in total. The van der Waals surface area contributed by atoms with Crippen molar-refractivity contribution in [3.63, 3.8) is 0 Å². The van der Waals surface area contributed by atoms with Crippen LogP contribution in [0.5, 0.6) is 5.75 Å². The highest BCUT2D eigenvalue weighted by molar-refractivity contribution is 7.80. The van der Waals surface area contributed by atoms with E-state index >= 15 is 0 Å². The largest absolute Gasteiger partial charge is 0.497 e. The minimum atomic E-state index is -0.277. The number of methoxy groups -OCH3 is 1. The van der Waals surface area contributed by atoms with Crippen molar-refractivity contribution in [2.75, 3.05) is 13.7 Å². The maximum atomic E-state index is 12.9. The topological polar surface area (TPSA) is 75.3 Å². The Morgan fingerprint density at radius 2 is 1.83 bits per heavy atom. The summed E-state index contributed by atoms with van der Waals surface area (Å²) in [7, 11) is 1.63. The molecule has 7 heteroatoms. The number of hydrogen-bond acceptors (Lipinski definition) is 4. The van der Waals surface area contributed by atoms with Crippen LogP contribution in [0.15, 0.2) is 54.6 Å². The van der Waals surface area contributed by atoms with Crippen LogP contribution in [0.2, 0.25) is 0 Å². The summed E-state index contributed by atoms with van der Waals surface area (Å²) in [5.41, 5.74) is 8.35. The fourth-order valence-corrected chi connectivity index (χ4v) is 3.23. The number of hydrogen-bond donors (Lipinski definition) is 3. The maximum absolute atomic E-state index is 12.9. The fraction of sp³-hybridized carbons (Fsp3) is 0.261. The summed E-state index contributed by atoms with van der Waals surface area (Å²) in [6.07, 6.45) is 3.32. The smallest absolute Gasteiger partial charge is 0.270 e. The van der Waals surface area contributed by atoms with Crippen LogP contribution in [0, 0.1) is 0 Å². The monoisotopic (exact) mass is 422 g/mol. The van der Waals surface area contributed by atoms with Gasteiger partial charge in [0.2, 0.25) is 0 Å². The first-order valence-corrected chi connectivity index (χ1v) is 10.4. The maximum Gasteiger partial charge on any atom is 0.270 e. The highest BCUT2D eigenvalue weighted by atomic mass is 32.1. The van der Waals surface area contributed by atoms with Gasteiger partial charge in [-0.25, -0.2) is 4.98 Å². The van der Waals surface area contributed by atoms with E-state index in [0.717, 1.165) is 48.0 Å². The Hall–Kier alpha value is -3.19. The minimum Gasteiger partial charge on any atom is -0.497 e. The normalized spacial score (nSPS) is 10.5. The number of pyridine rings is 1. The Labute approximate surface area is 182 Å². The predicted molar refractivity (Wildman–Crippen MR) is 124 cm³/mol. The van der Waals surface area contributed by atoms with Gasteiger partial charge in [0, 0.05) is 17.5 Å². The number of carbonyl (C=O) groups is 1. The average molecular weight is 423 g/mol. The summed E-state index contributed by atoms with van der Waals surface area (Å²) in [6, 6.07) is 17.0. The van der Waals surface area contributed by atoms with Gasteiger partial charge in [0.25, 0.3) is 5.91 Å². The lowest BCUT2D eigenvalue weighted by atomic mass is 10.0. The van der Waals surface area contributed by atoms with E-state index in [1.54, 1.807) is 13.2 Å². The third-order valence-corrected chi connectivity index (χ3v) is 4.95. The Morgan fingerprint density at radius 1 is 1.07 bits per heavy atom. The molecule has 0 radical (unpaired) electrons. The Morgan fingerprint density at radius 3 is 2.57 bits per heavy atom. The predicted octanol–water partition coefficient (Wildman–Crippen LogP) is 4.21. The van der Waals surface area contributed by atoms with E-state index in [2.05, 4.69) is 23.1 Å². The molecular formula is C23H26N4O2S. The zero-order valence-corrected chi connectivity index (χ0v) is 18.0. The van der Waals surface area contributed by atoms with E-state index in [1.165, 1.54) is 0 Å². The van der Waals surface area contributed by atoms with Crippen molar-refractivity contribution in [1.82, 2.24) is 21.2 Å². The summed E-state index contributed by atoms with van der Waals surface area (Å²) >= 11 is 5.23. The summed E-state index contributed by atoms with van der Waals surface area (Å²) < 4.78 is 5.22. The number of para-hydroxylation sites is 1. The molecule has 0 saturated carbocycles. The van der Waals surface area contributed by atoms with Gasteiger partial charge in [-0.2, -0.15) is 0 Å². The molecule has 0 aliphatic heterocycles. The molecule has 0 aliphatic carbocycles. The molecule has 0 bridgehead atoms. The van der Waals surface area contributed by atoms with Crippen molar-refractivity contribution in [1.29, 1.82) is 0 Å². The van der Waals surface area contributed by atoms with Gasteiger partial charge in [0.1, 0.15) is 5.75 Å². The van der Waals surface area contributed by atoms with Crippen LogP contribution in [0.3, 0.4) is 0 Å². The van der Waals surface area contributed by atoms with Gasteiger partial charge in [-0.05, 0) is 55.0 Å². The van der Waals surface area contributed by atoms with Crippen LogP contribution in [0.25, 0.3) is 22.2 Å². The van der Waals surface area contributed by atoms with Gasteiger partial charge in [-0.3, -0.25) is 15.6 Å². The van der Waals surface area contributed by atoms with Crippen LogP contribution in [0.1, 0.15) is 36.5 Å². The SMILES string of the molecule is CCCCCNC(=S)NNC(=O)c1cc(-c2ccc(OC)cc2)nc2ccccc12. The number of hydrazine groups is 1. The van der Waals surface area contributed by atoms with Gasteiger partial charge in [-0.1, -0.05) is 38.0 Å². The molecule has 2 aromatic carbocycles. The van der Waals surface area contributed by atoms with E-state index in [9.17, 15) is 4.79 Å². The molecule has 30 heavy (non-hydrogen) atoms. The molecule has 0 atom stereocenters. The van der Waals surface area contributed by atoms with Crippen LogP contribution in [-0.4, -0.2) is 29.7 Å². The number of unbranched alkanes of at least 4 members (excludes halogenated alkanes) is 2. The minimum absolute atomic E-state index is 0.277. The van der Waals surface area contributed by atoms with E-state index in [-0.39, 0.29) is 5.91 Å². The van der Waals surface area contributed by atoms with E-state index in [1.807, 2.05) is 48.5 Å². The molecule has 1 amide bonds. The van der Waals surface area contributed by atoms with E-state index in [4.69, 9.17) is 21.9 Å². The molecule has 0 fully saturated rings. The third-order valence-electron chi connectivity index (χ3n) is 4.70. The highest BCUT2D eigenvalue weighted by Crippen LogP contribution is 2.26. The molecule has 3 aromatic rings. The Bertz CT molecular complexity index is 1020. The van der Waals surface area contributed by atoms with Gasteiger partial charge < -0.3 is 10.1 Å². The first-order valence-electron chi connectivity index (χ1n) is 10.0. The molecule has 1 heterocycles. The van der Waals surface area contributed by atoms with Crippen molar-refractivity contribution in [2.45, 2.75) is 26.2 Å². The van der Waals surface area contributed by atoms with Crippen molar-refractivity contribution in [2.24, 2.45) is 0 Å². The van der Waals surface area contributed by atoms with E-state index < -0.39 is 0 Å². The molecule has 156 valence electrons. The van der Waals surface area contributed by atoms with Crippen LogP contribution in [-0.2, 0) is 0 Å². The number of nitrogens with one attached hydrogen (secondary N) is 3. The number of carbonyl (C=O) groups excluding carboxylic acids is 1. The number of aromatic nitrogens is 1. The fourth-order valence-electron chi connectivity index (χ4n) is 3.07. The average Bonchev–Trinajstić information content (AvgIpc) is 2.79. The van der Waals surface area contributed by atoms with Crippen molar-refractivity contribution in [3.05, 3.63) is 60.2 Å². The lowest BCUT2D eigenvalue weighted by Gasteiger charge is -2.13. The van der Waals surface area contributed by atoms with Crippen LogP contribution >= 0.6 is 12.2 Å². The zero-order valence-electron chi connectivity index (χ0n) is 17.2. The number of thiocarbonyl (C=S) groups is 1. The summed E-state index contributed by atoms with van der Waals surface area (Å²) in [6.45, 7) is 2.92. The second kappa shape index (κ2) is 10.5. The summed E-state index contributed by atoms with van der Waals surface area (Å²) in [5, 5.41) is 4.26. The van der Waals surface area contributed by atoms with Crippen molar-refractivity contribution >= 4 is 34.1 Å². The standard InChI is InChI=1S/C23H26N4O2S/c1-3-4-7-14-24-23(30)27-26-22(28)19-15-21(16-10-12-17(29-2)13-11-16)25-20-9-6-5-8-18(19)20/h5-6,8-13,15H,3-4,7,14H2,1-2H3,(H,26,28)(H2,24,27,30). The molecule has 0 unspecified atom stereocenters. The van der Waals surface area contributed by atoms with Crippen molar-refractivity contribution in [3.8, 4) is 17.0 Å². The van der Waals surface area contributed by atoms with Gasteiger partial charge in [0.15, 0.2) is 5.11 Å². The molecule has 0 saturated heterocycles. The Balaban J connectivity index is 1.79. The number of ether oxygens (including phenoxy) is 1. The van der Waals surface area contributed by atoms with Gasteiger partial charge in [-0.15, -0.1) is 0 Å². The van der Waals surface area contributed by atoms with Gasteiger partial charge >= 0.3 is 0 Å². The number of rotatable bonds is 7. The lowest BCUT2D eigenvalue weighted by molar-refractivity contribution is 0.0945. The third kappa shape index (κ3) is 5.45. The number of benzene rings is 2. The molecule has 3 rings (SSSR count). The van der Waals surface area contributed by atoms with Gasteiger partial charge in [0.05, 0.1) is 23.9 Å². The molecule has 6 nitrogen and oxygen atoms in total. The summed E-state index contributed by atoms with van der Waals surface area (Å²) in [4.78, 5) is 17.6. The number of fused-ring (bicyclic) bond motifs is 1. The first-order chi connectivity index (χ1) is 14.6. The number of amides is 1. The molecule has 0 spiro atoms. The second-order valence-corrected chi connectivity index (χ2v) is 7.25. The molecule has 0 aliphatic rings. The zero-order chi connectivity index (χ0) is 21.3. The molecule has 1 aromatic heterocycles. The summed E-state index contributed by atoms with van der Waals surface area (Å²) in [5.74, 6) is 0.489. The lowest BCUT2D eigenvalue weighted by Crippen LogP contribution is -2.47. The second-order valence-electron chi connectivity index (χ2n) is 6.84. The Kier molecular flexibility index (Phi) is 7.57. The number of nitrogens with zero attached hydrogens (tertiary/aromatic N) is 1. The van der Waals surface area contributed by atoms with Crippen molar-refractivity contribution < 1.29 is 9.53 Å². The van der Waals surface area contributed by atoms with E-state index in [0.29, 0.717) is 16.4 Å². The first kappa shape index (κ1) is 21.5. The highest BCUT2D eigenvalue weighted by Gasteiger charge is 2.14. The quantitative estimate of drug-likeness (QED) is 0.301. The molecular weight excluding hydrogens is 396 g/mol. The van der Waals surface area contributed by atoms with Crippen LogP contribution < -0.4 is 20.9 Å².